The number of amides is 2. The molecule has 1 aliphatic heterocycles. The van der Waals surface area contributed by atoms with Crippen LogP contribution in [0.1, 0.15) is 0 Å². The Morgan fingerprint density at radius 3 is 2.64 bits per heavy atom. The zero-order chi connectivity index (χ0) is 17.8. The van der Waals surface area contributed by atoms with Crippen molar-refractivity contribution in [2.24, 2.45) is 0 Å². The van der Waals surface area contributed by atoms with Crippen molar-refractivity contribution < 1.29 is 14.3 Å². The van der Waals surface area contributed by atoms with Crippen LogP contribution in [0.15, 0.2) is 48.5 Å². The van der Waals surface area contributed by atoms with Gasteiger partial charge in [-0.25, -0.2) is 0 Å². The largest absolute Gasteiger partial charge is 0.477 e. The Hall–Kier alpha value is -2.73. The van der Waals surface area contributed by atoms with Gasteiger partial charge >= 0.3 is 0 Å². The third-order valence-electron chi connectivity index (χ3n) is 3.86. The highest BCUT2D eigenvalue weighted by Crippen LogP contribution is 2.32. The van der Waals surface area contributed by atoms with Crippen molar-refractivity contribution in [1.29, 1.82) is 0 Å². The van der Waals surface area contributed by atoms with Crippen LogP contribution < -0.4 is 20.3 Å². The molecule has 0 spiro atoms. The van der Waals surface area contributed by atoms with Crippen LogP contribution in [0.5, 0.6) is 5.75 Å². The van der Waals surface area contributed by atoms with Gasteiger partial charge in [0.15, 0.2) is 6.10 Å². The third kappa shape index (κ3) is 4.03. The highest BCUT2D eigenvalue weighted by Gasteiger charge is 2.30. The van der Waals surface area contributed by atoms with Gasteiger partial charge < -0.3 is 20.3 Å². The molecule has 0 aromatic heterocycles. The van der Waals surface area contributed by atoms with Crippen molar-refractivity contribution in [1.82, 2.24) is 5.32 Å². The van der Waals surface area contributed by atoms with Crippen molar-refractivity contribution in [3.05, 3.63) is 53.6 Å². The van der Waals surface area contributed by atoms with E-state index < -0.39 is 6.10 Å². The number of nitrogens with one attached hydrogen (secondary N) is 2. The summed E-state index contributed by atoms with van der Waals surface area (Å²) in [5, 5.41) is 6.01. The molecule has 25 heavy (non-hydrogen) atoms. The minimum atomic E-state index is -0.664. The number of para-hydroxylation sites is 2. The fourth-order valence-electron chi connectivity index (χ4n) is 2.66. The van der Waals surface area contributed by atoms with E-state index in [9.17, 15) is 9.59 Å². The molecule has 0 bridgehead atoms. The van der Waals surface area contributed by atoms with Crippen molar-refractivity contribution in [3.8, 4) is 5.75 Å². The van der Waals surface area contributed by atoms with Crippen LogP contribution in [0, 0.1) is 0 Å². The summed E-state index contributed by atoms with van der Waals surface area (Å²) < 4.78 is 5.73. The maximum Gasteiger partial charge on any atom is 0.262 e. The molecular formula is C18H18ClN3O3. The minimum Gasteiger partial charge on any atom is -0.477 e. The lowest BCUT2D eigenvalue weighted by molar-refractivity contribution is -0.127. The quantitative estimate of drug-likeness (QED) is 0.878. The fraction of sp³-hybridized carbons (Fsp3) is 0.222. The number of anilines is 2. The average molecular weight is 360 g/mol. The first-order valence-corrected chi connectivity index (χ1v) is 8.22. The van der Waals surface area contributed by atoms with Crippen LogP contribution in [-0.2, 0) is 9.59 Å². The molecule has 2 N–H and O–H groups in total. The summed E-state index contributed by atoms with van der Waals surface area (Å²) in [6, 6.07) is 14.2. The van der Waals surface area contributed by atoms with Crippen LogP contribution in [0.3, 0.4) is 0 Å². The van der Waals surface area contributed by atoms with Crippen molar-refractivity contribution in [3.63, 3.8) is 0 Å². The normalized spacial score (nSPS) is 15.8. The third-order valence-corrected chi connectivity index (χ3v) is 4.11. The molecule has 3 rings (SSSR count). The molecule has 130 valence electrons. The fourth-order valence-corrected chi connectivity index (χ4v) is 2.79. The summed E-state index contributed by atoms with van der Waals surface area (Å²) in [4.78, 5) is 26.2. The first kappa shape index (κ1) is 17.1. The first-order chi connectivity index (χ1) is 12.1. The predicted octanol–water partition coefficient (Wildman–Crippen LogP) is 2.29. The summed E-state index contributed by atoms with van der Waals surface area (Å²) in [6.07, 6.45) is -0.664. The smallest absolute Gasteiger partial charge is 0.262 e. The van der Waals surface area contributed by atoms with Gasteiger partial charge in [0.05, 0.1) is 18.8 Å². The van der Waals surface area contributed by atoms with Gasteiger partial charge in [-0.2, -0.15) is 0 Å². The standard InChI is InChI=1S/C18H18ClN3O3/c1-20-18(24)16-10-22(14-4-2-3-5-15(14)25-16)11-17(23)21-13-8-6-12(19)7-9-13/h2-9,16H,10-11H2,1H3,(H,20,24)(H,21,23). The highest BCUT2D eigenvalue weighted by atomic mass is 35.5. The number of fused-ring (bicyclic) bond motifs is 1. The van der Waals surface area contributed by atoms with E-state index >= 15 is 0 Å². The van der Waals surface area contributed by atoms with Gasteiger partial charge in [0, 0.05) is 17.8 Å². The molecule has 0 aliphatic carbocycles. The molecule has 1 atom stereocenters. The van der Waals surface area contributed by atoms with Crippen LogP contribution >= 0.6 is 11.6 Å². The topological polar surface area (TPSA) is 70.7 Å². The molecule has 2 aromatic carbocycles. The van der Waals surface area contributed by atoms with Crippen LogP contribution in [-0.4, -0.2) is 38.1 Å². The van der Waals surface area contributed by atoms with Gasteiger partial charge in [0.2, 0.25) is 5.91 Å². The Bertz CT molecular complexity index is 779. The number of hydrogen-bond acceptors (Lipinski definition) is 4. The summed E-state index contributed by atoms with van der Waals surface area (Å²) in [5.41, 5.74) is 1.45. The van der Waals surface area contributed by atoms with Crippen LogP contribution in [0.2, 0.25) is 5.02 Å². The Kier molecular flexibility index (Phi) is 5.09. The molecule has 0 saturated carbocycles. The molecule has 1 heterocycles. The van der Waals surface area contributed by atoms with E-state index in [4.69, 9.17) is 16.3 Å². The number of nitrogens with zero attached hydrogens (tertiary/aromatic N) is 1. The minimum absolute atomic E-state index is 0.108. The van der Waals surface area contributed by atoms with Crippen LogP contribution in [0.25, 0.3) is 0 Å². The SMILES string of the molecule is CNC(=O)C1CN(CC(=O)Nc2ccc(Cl)cc2)c2ccccc2O1. The number of rotatable bonds is 4. The van der Waals surface area contributed by atoms with Crippen molar-refractivity contribution >= 4 is 34.8 Å². The zero-order valence-corrected chi connectivity index (χ0v) is 14.4. The van der Waals surface area contributed by atoms with Gasteiger partial charge in [-0.1, -0.05) is 23.7 Å². The van der Waals surface area contributed by atoms with Gasteiger partial charge in [-0.05, 0) is 36.4 Å². The van der Waals surface area contributed by atoms with Gasteiger partial charge in [-0.3, -0.25) is 9.59 Å². The molecule has 7 heteroatoms. The van der Waals surface area contributed by atoms with Crippen molar-refractivity contribution in [2.45, 2.75) is 6.10 Å². The Labute approximate surface area is 150 Å². The molecule has 6 nitrogen and oxygen atoms in total. The van der Waals surface area contributed by atoms with E-state index in [1.54, 1.807) is 37.4 Å². The molecule has 0 saturated heterocycles. The molecule has 1 aliphatic rings. The second-order valence-corrected chi connectivity index (χ2v) is 6.06. The molecule has 2 aromatic rings. The van der Waals surface area contributed by atoms with E-state index in [2.05, 4.69) is 10.6 Å². The number of carbonyl (C=O) groups is 2. The molecule has 1 unspecified atom stereocenters. The Balaban J connectivity index is 1.74. The maximum atomic E-state index is 12.4. The lowest BCUT2D eigenvalue weighted by atomic mass is 10.1. The number of likely N-dealkylation sites (N-methyl/N-ethyl adjacent to an activating group) is 1. The first-order valence-electron chi connectivity index (χ1n) is 7.84. The lowest BCUT2D eigenvalue weighted by Gasteiger charge is -2.34. The highest BCUT2D eigenvalue weighted by molar-refractivity contribution is 6.30. The summed E-state index contributed by atoms with van der Waals surface area (Å²) in [5.74, 6) is 0.175. The van der Waals surface area contributed by atoms with E-state index in [1.165, 1.54) is 0 Å². The monoisotopic (exact) mass is 359 g/mol. The van der Waals surface area contributed by atoms with E-state index in [-0.39, 0.29) is 18.4 Å². The molecule has 2 amide bonds. The number of hydrogen-bond donors (Lipinski definition) is 2. The lowest BCUT2D eigenvalue weighted by Crippen LogP contribution is -2.50. The van der Waals surface area contributed by atoms with E-state index in [1.807, 2.05) is 23.1 Å². The average Bonchev–Trinajstić information content (AvgIpc) is 2.62. The molecular weight excluding hydrogens is 342 g/mol. The van der Waals surface area contributed by atoms with Crippen molar-refractivity contribution in [2.75, 3.05) is 30.4 Å². The van der Waals surface area contributed by atoms with Gasteiger partial charge in [0.25, 0.3) is 5.91 Å². The second kappa shape index (κ2) is 7.44. The molecule has 0 radical (unpaired) electrons. The number of carbonyl (C=O) groups excluding carboxylic acids is 2. The van der Waals surface area contributed by atoms with E-state index in [0.29, 0.717) is 23.0 Å². The van der Waals surface area contributed by atoms with Gasteiger partial charge in [-0.15, -0.1) is 0 Å². The van der Waals surface area contributed by atoms with Gasteiger partial charge in [0.1, 0.15) is 5.75 Å². The maximum absolute atomic E-state index is 12.4. The Morgan fingerprint density at radius 2 is 1.92 bits per heavy atom. The number of halogens is 1. The number of ether oxygens (including phenoxy) is 1. The number of benzene rings is 2. The predicted molar refractivity (Wildman–Crippen MR) is 97.2 cm³/mol. The summed E-state index contributed by atoms with van der Waals surface area (Å²) >= 11 is 5.85. The van der Waals surface area contributed by atoms with Crippen LogP contribution in [0.4, 0.5) is 11.4 Å². The summed E-state index contributed by atoms with van der Waals surface area (Å²) in [7, 11) is 1.56. The Morgan fingerprint density at radius 1 is 1.20 bits per heavy atom. The molecule has 0 fully saturated rings. The van der Waals surface area contributed by atoms with E-state index in [0.717, 1.165) is 5.69 Å². The summed E-state index contributed by atoms with van der Waals surface area (Å²) in [6.45, 7) is 0.404. The zero-order valence-electron chi connectivity index (χ0n) is 13.7. The second-order valence-electron chi connectivity index (χ2n) is 5.62.